The van der Waals surface area contributed by atoms with Gasteiger partial charge < -0.3 is 5.32 Å². The van der Waals surface area contributed by atoms with Crippen molar-refractivity contribution in [1.82, 2.24) is 15.0 Å². The molecule has 1 fully saturated rings. The fraction of sp³-hybridized carbons (Fsp3) is 0.438. The largest absolute Gasteiger partial charge is 0.369 e. The van der Waals surface area contributed by atoms with E-state index in [4.69, 9.17) is 0 Å². The quantitative estimate of drug-likeness (QED) is 0.872. The van der Waals surface area contributed by atoms with Crippen LogP contribution in [-0.4, -0.2) is 41.9 Å². The molecule has 0 radical (unpaired) electrons. The molecular weight excluding hydrogens is 312 g/mol. The van der Waals surface area contributed by atoms with Crippen LogP contribution in [0.4, 0.5) is 5.82 Å². The molecule has 0 saturated heterocycles. The molecule has 7 heteroatoms. The topological polar surface area (TPSA) is 84.8 Å². The molecule has 2 aromatic heterocycles. The molecule has 0 amide bonds. The Kier molecular flexibility index (Phi) is 4.06. The van der Waals surface area contributed by atoms with E-state index >= 15 is 0 Å². The van der Waals surface area contributed by atoms with Gasteiger partial charge in [-0.3, -0.25) is 4.98 Å². The van der Waals surface area contributed by atoms with Crippen molar-refractivity contribution in [2.24, 2.45) is 5.41 Å². The van der Waals surface area contributed by atoms with Crippen LogP contribution < -0.4 is 5.32 Å². The second kappa shape index (κ2) is 5.88. The third-order valence-corrected chi connectivity index (χ3v) is 5.08. The fourth-order valence-electron chi connectivity index (χ4n) is 2.67. The Bertz CT molecular complexity index is 802. The molecular formula is C16H20N4O2S. The third kappa shape index (κ3) is 4.25. The minimum Gasteiger partial charge on any atom is -0.369 e. The first-order chi connectivity index (χ1) is 10.9. The molecule has 1 aliphatic carbocycles. The zero-order valence-corrected chi connectivity index (χ0v) is 14.1. The number of sulfone groups is 1. The van der Waals surface area contributed by atoms with E-state index in [9.17, 15) is 8.42 Å². The van der Waals surface area contributed by atoms with Crippen LogP contribution >= 0.6 is 0 Å². The minimum absolute atomic E-state index is 0.138. The van der Waals surface area contributed by atoms with E-state index in [0.717, 1.165) is 29.9 Å². The molecule has 1 N–H and O–H groups in total. The number of aromatic nitrogens is 3. The van der Waals surface area contributed by atoms with Crippen LogP contribution in [0.3, 0.4) is 0 Å². The van der Waals surface area contributed by atoms with E-state index in [1.54, 1.807) is 12.4 Å². The molecule has 0 atom stereocenters. The van der Waals surface area contributed by atoms with E-state index < -0.39 is 9.84 Å². The van der Waals surface area contributed by atoms with Crippen LogP contribution in [0.15, 0.2) is 30.6 Å². The summed E-state index contributed by atoms with van der Waals surface area (Å²) < 4.78 is 23.1. The van der Waals surface area contributed by atoms with Gasteiger partial charge in [-0.25, -0.2) is 18.4 Å². The summed E-state index contributed by atoms with van der Waals surface area (Å²) in [5, 5.41) is 3.29. The van der Waals surface area contributed by atoms with Gasteiger partial charge in [0.25, 0.3) is 0 Å². The highest BCUT2D eigenvalue weighted by Crippen LogP contribution is 2.46. The average Bonchev–Trinajstić information content (AvgIpc) is 3.23. The first kappa shape index (κ1) is 15.9. The molecule has 6 nitrogen and oxygen atoms in total. The van der Waals surface area contributed by atoms with Crippen molar-refractivity contribution >= 4 is 15.7 Å². The Balaban J connectivity index is 1.75. The highest BCUT2D eigenvalue weighted by molar-refractivity contribution is 7.90. The molecule has 122 valence electrons. The lowest BCUT2D eigenvalue weighted by Gasteiger charge is -2.16. The summed E-state index contributed by atoms with van der Waals surface area (Å²) in [7, 11) is -2.96. The van der Waals surface area contributed by atoms with Crippen molar-refractivity contribution in [3.63, 3.8) is 0 Å². The summed E-state index contributed by atoms with van der Waals surface area (Å²) in [6, 6.07) is 5.63. The van der Waals surface area contributed by atoms with Crippen molar-refractivity contribution in [3.05, 3.63) is 36.3 Å². The molecule has 0 aromatic carbocycles. The molecule has 1 aliphatic rings. The van der Waals surface area contributed by atoms with Crippen molar-refractivity contribution in [2.75, 3.05) is 23.9 Å². The highest BCUT2D eigenvalue weighted by atomic mass is 32.2. The molecule has 0 bridgehead atoms. The van der Waals surface area contributed by atoms with Crippen molar-refractivity contribution in [1.29, 1.82) is 0 Å². The van der Waals surface area contributed by atoms with Crippen molar-refractivity contribution < 1.29 is 8.42 Å². The van der Waals surface area contributed by atoms with Crippen LogP contribution in [0.5, 0.6) is 0 Å². The number of pyridine rings is 1. The fourth-order valence-corrected chi connectivity index (χ4v) is 4.17. The van der Waals surface area contributed by atoms with E-state index in [2.05, 4.69) is 20.3 Å². The lowest BCUT2D eigenvalue weighted by atomic mass is 10.1. The van der Waals surface area contributed by atoms with E-state index in [1.807, 2.05) is 25.1 Å². The number of aryl methyl sites for hydroxylation is 1. The maximum atomic E-state index is 11.5. The first-order valence-electron chi connectivity index (χ1n) is 7.53. The van der Waals surface area contributed by atoms with Crippen LogP contribution in [-0.2, 0) is 9.84 Å². The van der Waals surface area contributed by atoms with Gasteiger partial charge in [-0.1, -0.05) is 0 Å². The summed E-state index contributed by atoms with van der Waals surface area (Å²) in [4.78, 5) is 13.0. The zero-order valence-electron chi connectivity index (χ0n) is 13.3. The number of nitrogens with one attached hydrogen (secondary N) is 1. The molecule has 1 saturated carbocycles. The number of hydrogen-bond donors (Lipinski definition) is 1. The van der Waals surface area contributed by atoms with E-state index in [0.29, 0.717) is 12.4 Å². The van der Waals surface area contributed by atoms with Gasteiger partial charge in [-0.2, -0.15) is 0 Å². The average molecular weight is 332 g/mol. The molecule has 2 aromatic rings. The number of anilines is 1. The minimum atomic E-state index is -2.96. The summed E-state index contributed by atoms with van der Waals surface area (Å²) in [6.45, 7) is 2.53. The molecule has 3 rings (SSSR count). The van der Waals surface area contributed by atoms with Gasteiger partial charge in [-0.15, -0.1) is 0 Å². The highest BCUT2D eigenvalue weighted by Gasteiger charge is 2.45. The lowest BCUT2D eigenvalue weighted by Crippen LogP contribution is -2.24. The maximum Gasteiger partial charge on any atom is 0.163 e. The van der Waals surface area contributed by atoms with Crippen LogP contribution in [0.2, 0.25) is 0 Å². The standard InChI is InChI=1S/C16H20N4O2S/c1-12-8-14(18-10-16(5-6-16)11-23(2,21)22)20-15(19-12)13-4-3-7-17-9-13/h3-4,7-9H,5-6,10-11H2,1-2H3,(H,18,19,20). The van der Waals surface area contributed by atoms with Gasteiger partial charge >= 0.3 is 0 Å². The third-order valence-electron chi connectivity index (χ3n) is 3.94. The van der Waals surface area contributed by atoms with Crippen molar-refractivity contribution in [2.45, 2.75) is 19.8 Å². The Hall–Kier alpha value is -2.02. The van der Waals surface area contributed by atoms with Crippen LogP contribution in [0.1, 0.15) is 18.5 Å². The predicted octanol–water partition coefficient (Wildman–Crippen LogP) is 2.08. The van der Waals surface area contributed by atoms with Gasteiger partial charge in [0.2, 0.25) is 0 Å². The SMILES string of the molecule is Cc1cc(NCC2(CS(C)(=O)=O)CC2)nc(-c2cccnc2)n1. The number of hydrogen-bond acceptors (Lipinski definition) is 6. The molecule has 0 unspecified atom stereocenters. The smallest absolute Gasteiger partial charge is 0.163 e. The zero-order chi connectivity index (χ0) is 16.5. The Morgan fingerprint density at radius 1 is 1.30 bits per heavy atom. The Labute approximate surface area is 136 Å². The summed E-state index contributed by atoms with van der Waals surface area (Å²) in [5.41, 5.74) is 1.58. The number of nitrogens with zero attached hydrogens (tertiary/aromatic N) is 3. The number of rotatable bonds is 6. The Morgan fingerprint density at radius 2 is 2.09 bits per heavy atom. The van der Waals surface area contributed by atoms with Gasteiger partial charge in [0.1, 0.15) is 15.7 Å². The van der Waals surface area contributed by atoms with Gasteiger partial charge in [0.15, 0.2) is 5.82 Å². The molecule has 0 spiro atoms. The normalized spacial score (nSPS) is 16.1. The summed E-state index contributed by atoms with van der Waals surface area (Å²) in [5.74, 6) is 1.57. The molecule has 23 heavy (non-hydrogen) atoms. The van der Waals surface area contributed by atoms with Gasteiger partial charge in [0, 0.05) is 47.9 Å². The second-order valence-electron chi connectivity index (χ2n) is 6.38. The monoisotopic (exact) mass is 332 g/mol. The van der Waals surface area contributed by atoms with Crippen LogP contribution in [0.25, 0.3) is 11.4 Å². The lowest BCUT2D eigenvalue weighted by molar-refractivity contribution is 0.560. The summed E-state index contributed by atoms with van der Waals surface area (Å²) >= 11 is 0. The van der Waals surface area contributed by atoms with Gasteiger partial charge in [0.05, 0.1) is 5.75 Å². The molecule has 2 heterocycles. The summed E-state index contributed by atoms with van der Waals surface area (Å²) in [6.07, 6.45) is 6.60. The predicted molar refractivity (Wildman–Crippen MR) is 89.9 cm³/mol. The van der Waals surface area contributed by atoms with Crippen molar-refractivity contribution in [3.8, 4) is 11.4 Å². The maximum absolute atomic E-state index is 11.5. The van der Waals surface area contributed by atoms with E-state index in [-0.39, 0.29) is 11.2 Å². The van der Waals surface area contributed by atoms with Crippen LogP contribution in [0, 0.1) is 12.3 Å². The Morgan fingerprint density at radius 3 is 2.70 bits per heavy atom. The van der Waals surface area contributed by atoms with E-state index in [1.165, 1.54) is 6.26 Å². The van der Waals surface area contributed by atoms with Gasteiger partial charge in [-0.05, 0) is 31.9 Å². The molecule has 0 aliphatic heterocycles. The second-order valence-corrected chi connectivity index (χ2v) is 8.52. The first-order valence-corrected chi connectivity index (χ1v) is 9.59.